The molecule has 128 valence electrons. The fourth-order valence-corrected chi connectivity index (χ4v) is 5.18. The van der Waals surface area contributed by atoms with Crippen LogP contribution in [-0.2, 0) is 24.0 Å². The molecular weight excluding hydrogens is 298 g/mol. The molecule has 2 bridgehead atoms. The van der Waals surface area contributed by atoms with Crippen LogP contribution in [0, 0.1) is 35.0 Å². The van der Waals surface area contributed by atoms with E-state index in [1.807, 2.05) is 13.0 Å². The molecule has 0 aromatic heterocycles. The summed E-state index contributed by atoms with van der Waals surface area (Å²) in [5.41, 5.74) is -0.556. The summed E-state index contributed by atoms with van der Waals surface area (Å²) < 4.78 is 18.0. The fourth-order valence-electron chi connectivity index (χ4n) is 5.18. The molecule has 6 nitrogen and oxygen atoms in total. The molecule has 1 saturated carbocycles. The largest absolute Gasteiger partial charge is 0.337 e. The molecule has 6 heteroatoms. The first-order valence-corrected chi connectivity index (χ1v) is 8.69. The van der Waals surface area contributed by atoms with Crippen molar-refractivity contribution < 1.29 is 24.0 Å². The lowest BCUT2D eigenvalue weighted by atomic mass is 9.58. The molecule has 8 atom stereocenters. The van der Waals surface area contributed by atoms with E-state index in [-0.39, 0.29) is 18.4 Å². The Balaban J connectivity index is 1.72. The summed E-state index contributed by atoms with van der Waals surface area (Å²) in [5, 5.41) is 8.81. The van der Waals surface area contributed by atoms with E-state index < -0.39 is 24.0 Å². The van der Waals surface area contributed by atoms with Gasteiger partial charge in [0.05, 0.1) is 6.07 Å². The van der Waals surface area contributed by atoms with E-state index in [2.05, 4.69) is 13.8 Å². The van der Waals surface area contributed by atoms with Crippen molar-refractivity contribution in [2.75, 3.05) is 6.61 Å². The third-order valence-corrected chi connectivity index (χ3v) is 6.41. The molecule has 4 heterocycles. The van der Waals surface area contributed by atoms with Gasteiger partial charge in [0.1, 0.15) is 6.61 Å². The maximum atomic E-state index is 8.81. The smallest absolute Gasteiger partial charge is 0.201 e. The number of rotatable bonds is 2. The molecule has 0 aromatic carbocycles. The van der Waals surface area contributed by atoms with Gasteiger partial charge in [-0.1, -0.05) is 13.8 Å². The molecule has 5 aliphatic rings. The zero-order valence-corrected chi connectivity index (χ0v) is 14.0. The van der Waals surface area contributed by atoms with Crippen LogP contribution in [0.2, 0.25) is 0 Å². The van der Waals surface area contributed by atoms with Gasteiger partial charge in [0.15, 0.2) is 18.2 Å². The first kappa shape index (κ1) is 15.8. The highest BCUT2D eigenvalue weighted by Crippen LogP contribution is 2.60. The van der Waals surface area contributed by atoms with E-state index in [0.717, 1.165) is 19.3 Å². The molecule has 1 aliphatic carbocycles. The van der Waals surface area contributed by atoms with Gasteiger partial charge in [0.2, 0.25) is 5.79 Å². The van der Waals surface area contributed by atoms with Crippen LogP contribution in [0.4, 0.5) is 0 Å². The van der Waals surface area contributed by atoms with E-state index in [1.54, 1.807) is 0 Å². The van der Waals surface area contributed by atoms with Crippen LogP contribution in [0.15, 0.2) is 0 Å². The molecular formula is C17H25NO5. The second-order valence-electron chi connectivity index (χ2n) is 7.74. The van der Waals surface area contributed by atoms with Gasteiger partial charge in [-0.3, -0.25) is 0 Å². The van der Waals surface area contributed by atoms with Gasteiger partial charge in [-0.2, -0.15) is 5.26 Å². The van der Waals surface area contributed by atoms with Crippen molar-refractivity contribution in [1.82, 2.24) is 0 Å². The average Bonchev–Trinajstić information content (AvgIpc) is 2.76. The van der Waals surface area contributed by atoms with Crippen LogP contribution in [0.1, 0.15) is 46.5 Å². The highest BCUT2D eigenvalue weighted by molar-refractivity contribution is 5.09. The molecule has 0 radical (unpaired) electrons. The Morgan fingerprint density at radius 1 is 1.17 bits per heavy atom. The second-order valence-corrected chi connectivity index (χ2v) is 7.74. The third-order valence-electron chi connectivity index (χ3n) is 6.41. The highest BCUT2D eigenvalue weighted by atomic mass is 17.3. The molecule has 5 fully saturated rings. The van der Waals surface area contributed by atoms with E-state index in [4.69, 9.17) is 29.2 Å². The van der Waals surface area contributed by atoms with Crippen molar-refractivity contribution in [3.05, 3.63) is 0 Å². The predicted octanol–water partition coefficient (Wildman–Crippen LogP) is 2.73. The number of fused-ring (bicyclic) bond motifs is 2. The molecule has 23 heavy (non-hydrogen) atoms. The number of nitrogens with zero attached hydrogens (tertiary/aromatic N) is 1. The molecule has 5 rings (SSSR count). The van der Waals surface area contributed by atoms with Gasteiger partial charge in [-0.25, -0.2) is 9.78 Å². The first-order valence-electron chi connectivity index (χ1n) is 8.69. The maximum Gasteiger partial charge on any atom is 0.201 e. The molecule has 1 spiro atoms. The molecule has 4 aliphatic heterocycles. The van der Waals surface area contributed by atoms with E-state index in [1.165, 1.54) is 6.42 Å². The van der Waals surface area contributed by atoms with Crippen molar-refractivity contribution in [2.45, 2.75) is 70.4 Å². The monoisotopic (exact) mass is 323 g/mol. The van der Waals surface area contributed by atoms with Gasteiger partial charge < -0.3 is 14.2 Å². The van der Waals surface area contributed by atoms with E-state index >= 15 is 0 Å². The first-order chi connectivity index (χ1) is 11.0. The van der Waals surface area contributed by atoms with Crippen LogP contribution in [-0.4, -0.2) is 30.6 Å². The maximum absolute atomic E-state index is 8.81. The van der Waals surface area contributed by atoms with Crippen molar-refractivity contribution in [3.8, 4) is 6.07 Å². The lowest BCUT2D eigenvalue weighted by Crippen LogP contribution is -2.70. The Morgan fingerprint density at radius 2 is 2.00 bits per heavy atom. The standard InChI is InChI=1S/C17H25NO5/c1-10-4-5-13-11(2)14(19-9-8-18)20-15-17(13)12(10)6-7-16(3,21-15)22-23-17/h10-15H,4-7,9H2,1-3H3/t10-,11-,12+,13+,14+,15-,16-,17-/m1/s1. The van der Waals surface area contributed by atoms with Crippen molar-refractivity contribution in [2.24, 2.45) is 23.7 Å². The summed E-state index contributed by atoms with van der Waals surface area (Å²) in [5.74, 6) is 0.513. The van der Waals surface area contributed by atoms with Gasteiger partial charge >= 0.3 is 0 Å². The van der Waals surface area contributed by atoms with Crippen LogP contribution in [0.25, 0.3) is 0 Å². The minimum Gasteiger partial charge on any atom is -0.337 e. The fraction of sp³-hybridized carbons (Fsp3) is 0.941. The number of nitriles is 1. The predicted molar refractivity (Wildman–Crippen MR) is 78.4 cm³/mol. The van der Waals surface area contributed by atoms with E-state index in [9.17, 15) is 0 Å². The van der Waals surface area contributed by atoms with Crippen LogP contribution in [0.5, 0.6) is 0 Å². The second kappa shape index (κ2) is 5.40. The number of hydrogen-bond acceptors (Lipinski definition) is 6. The summed E-state index contributed by atoms with van der Waals surface area (Å²) in [4.78, 5) is 11.8. The average molecular weight is 323 g/mol. The highest BCUT2D eigenvalue weighted by Gasteiger charge is 2.69. The quantitative estimate of drug-likeness (QED) is 0.728. The van der Waals surface area contributed by atoms with Crippen molar-refractivity contribution in [1.29, 1.82) is 5.26 Å². The van der Waals surface area contributed by atoms with Crippen LogP contribution in [0.3, 0.4) is 0 Å². The summed E-state index contributed by atoms with van der Waals surface area (Å²) in [6.07, 6.45) is 3.09. The molecule has 0 unspecified atom stereocenters. The Hall–Kier alpha value is -0.710. The lowest BCUT2D eigenvalue weighted by molar-refractivity contribution is -0.577. The zero-order valence-electron chi connectivity index (χ0n) is 14.0. The normalized spacial score (nSPS) is 54.9. The van der Waals surface area contributed by atoms with Gasteiger partial charge in [-0.15, -0.1) is 0 Å². The third kappa shape index (κ3) is 2.18. The Kier molecular flexibility index (Phi) is 3.71. The topological polar surface area (TPSA) is 69.9 Å². The van der Waals surface area contributed by atoms with Crippen molar-refractivity contribution in [3.63, 3.8) is 0 Å². The van der Waals surface area contributed by atoms with Crippen LogP contribution >= 0.6 is 0 Å². The van der Waals surface area contributed by atoms with E-state index in [0.29, 0.717) is 11.8 Å². The SMILES string of the molecule is C[C@H]1[C@@H](OCC#N)O[C@@H]2O[C@@]3(C)CC[C@H]4[C@H](C)CC[C@@H]1[C@@]24OO3. The molecule has 4 saturated heterocycles. The molecule has 0 amide bonds. The number of hydrogen-bond donors (Lipinski definition) is 0. The summed E-state index contributed by atoms with van der Waals surface area (Å²) in [6.45, 7) is 6.34. The zero-order chi connectivity index (χ0) is 16.2. The molecule has 0 aromatic rings. The lowest BCUT2D eigenvalue weighted by Gasteiger charge is -2.60. The number of ether oxygens (including phenoxy) is 3. The summed E-state index contributed by atoms with van der Waals surface area (Å²) >= 11 is 0. The minimum absolute atomic E-state index is 0.0237. The summed E-state index contributed by atoms with van der Waals surface area (Å²) in [6, 6.07) is 2.02. The van der Waals surface area contributed by atoms with Gasteiger partial charge in [-0.05, 0) is 38.0 Å². The Bertz CT molecular complexity index is 522. The minimum atomic E-state index is -0.766. The van der Waals surface area contributed by atoms with Gasteiger partial charge in [0, 0.05) is 18.3 Å². The van der Waals surface area contributed by atoms with Crippen molar-refractivity contribution >= 4 is 0 Å². The Labute approximate surface area is 136 Å². The summed E-state index contributed by atoms with van der Waals surface area (Å²) in [7, 11) is 0. The van der Waals surface area contributed by atoms with Gasteiger partial charge in [0.25, 0.3) is 0 Å². The Morgan fingerprint density at radius 3 is 2.78 bits per heavy atom. The van der Waals surface area contributed by atoms with Crippen LogP contribution < -0.4 is 0 Å². The molecule has 0 N–H and O–H groups in total.